The van der Waals surface area contributed by atoms with Gasteiger partial charge in [-0.1, -0.05) is 182 Å². The van der Waals surface area contributed by atoms with Gasteiger partial charge in [-0.3, -0.25) is 0 Å². The number of aromatic nitrogens is 2. The van der Waals surface area contributed by atoms with Crippen molar-refractivity contribution in [3.63, 3.8) is 0 Å². The lowest BCUT2D eigenvalue weighted by atomic mass is 9.50. The smallest absolute Gasteiger partial charge is 0.0547 e. The van der Waals surface area contributed by atoms with Gasteiger partial charge in [0.25, 0.3) is 0 Å². The Balaban J connectivity index is 0.812. The molecule has 0 saturated heterocycles. The maximum Gasteiger partial charge on any atom is 0.0547 e. The van der Waals surface area contributed by atoms with Gasteiger partial charge in [0.05, 0.1) is 27.8 Å². The maximum atomic E-state index is 2.69. The van der Waals surface area contributed by atoms with E-state index in [-0.39, 0.29) is 5.41 Å². The molecule has 2 heterocycles. The second-order valence-corrected chi connectivity index (χ2v) is 24.0. The van der Waals surface area contributed by atoms with Gasteiger partial charge in [-0.2, -0.15) is 0 Å². The highest BCUT2D eigenvalue weighted by Crippen LogP contribution is 2.68. The van der Waals surface area contributed by atoms with Gasteiger partial charge in [0.15, 0.2) is 0 Å². The molecule has 2 aromatic heterocycles. The van der Waals surface area contributed by atoms with Crippen LogP contribution in [0.25, 0.3) is 132 Å². The summed E-state index contributed by atoms with van der Waals surface area (Å²) in [5.74, 6) is 3.21. The number of hydrogen-bond acceptors (Lipinski definition) is 0. The molecule has 2 heteroatoms. The third-order valence-corrected chi connectivity index (χ3v) is 20.1. The van der Waals surface area contributed by atoms with Crippen molar-refractivity contribution in [3.8, 4) is 55.9 Å². The van der Waals surface area contributed by atoms with E-state index in [1.165, 1.54) is 165 Å². The number of rotatable bonds is 5. The largest absolute Gasteiger partial charge is 0.309 e. The lowest BCUT2D eigenvalue weighted by Crippen LogP contribution is -2.48. The minimum atomic E-state index is 0.0985. The first kappa shape index (κ1) is 44.0. The molecule has 12 aromatic carbocycles. The number of hydrogen-bond donors (Lipinski definition) is 0. The molecule has 5 aliphatic carbocycles. The summed E-state index contributed by atoms with van der Waals surface area (Å²) in [4.78, 5) is 0. The van der Waals surface area contributed by atoms with Gasteiger partial charge in [0, 0.05) is 38.0 Å². The van der Waals surface area contributed by atoms with Gasteiger partial charge in [-0.15, -0.1) is 0 Å². The highest BCUT2D eigenvalue weighted by molar-refractivity contribution is 6.15. The Hall–Kier alpha value is -8.98. The van der Waals surface area contributed by atoms with Crippen LogP contribution in [0.15, 0.2) is 243 Å². The van der Waals surface area contributed by atoms with E-state index < -0.39 is 0 Å². The van der Waals surface area contributed by atoms with Crippen LogP contribution in [0.2, 0.25) is 0 Å². The Morgan fingerprint density at radius 1 is 0.291 bits per heavy atom. The van der Waals surface area contributed by atoms with E-state index in [0.717, 1.165) is 17.5 Å². The molecule has 2 nitrogen and oxygen atoms in total. The molecular formula is C77H56N2. The first-order chi connectivity index (χ1) is 39.1. The van der Waals surface area contributed by atoms with E-state index in [1.54, 1.807) is 11.1 Å². The SMILES string of the molecule is c1cc(-c2ccc3ccccc3c2)cc(-n2c3ccccc3c3ccc(-c4ccc5c6ccccc6n(-c6ccc(-c7ccc8c(c7)C7(c9ccccc9-8)C8CCC9CC(C8)CC7C9)c7cc8ccccc8cc67)c5c4)cc32)c1. The third-order valence-electron chi connectivity index (χ3n) is 20.1. The number of para-hydroxylation sites is 2. The molecule has 5 atom stereocenters. The first-order valence-electron chi connectivity index (χ1n) is 29.0. The predicted octanol–water partition coefficient (Wildman–Crippen LogP) is 20.5. The standard InChI is InChI=1S/C77H56N2/c1-2-13-50-40-54(26-25-49(50)12-1)51-16-11-17-60(41-51)78-72-22-9-6-19-64(72)66-32-27-55(45-75(66)78)56-28-33-67-65-20-7-10-23-73(65)79(76(67)46-56)74-35-34-61(68-42-52-14-3-4-15-53(52)43-69(68)74)57-29-31-63-62-18-5-8-21-70(62)77(71(63)44-57)58-30-24-47-36-48(38-58)39-59(77)37-47/h1-23,25-29,31-35,40-48,58-59H,24,30,36-39H2. The molecule has 0 amide bonds. The molecule has 374 valence electrons. The summed E-state index contributed by atoms with van der Waals surface area (Å²) < 4.78 is 5.03. The molecule has 0 aliphatic heterocycles. The van der Waals surface area contributed by atoms with Crippen molar-refractivity contribution in [2.75, 3.05) is 0 Å². The van der Waals surface area contributed by atoms with Gasteiger partial charge >= 0.3 is 0 Å². The minimum absolute atomic E-state index is 0.0985. The van der Waals surface area contributed by atoms with Crippen molar-refractivity contribution >= 4 is 75.9 Å². The lowest BCUT2D eigenvalue weighted by molar-refractivity contribution is 0.0618. The molecule has 0 N–H and O–H groups in total. The van der Waals surface area contributed by atoms with E-state index in [9.17, 15) is 0 Å². The number of benzene rings is 12. The fourth-order valence-corrected chi connectivity index (χ4v) is 17.0. The highest BCUT2D eigenvalue weighted by Gasteiger charge is 2.59. The second kappa shape index (κ2) is 16.5. The molecular weight excluding hydrogens is 953 g/mol. The molecule has 19 rings (SSSR count). The highest BCUT2D eigenvalue weighted by atomic mass is 15.0. The molecule has 5 aliphatic rings. The van der Waals surface area contributed by atoms with Crippen molar-refractivity contribution in [1.29, 1.82) is 0 Å². The summed E-state index contributed by atoms with van der Waals surface area (Å²) in [6, 6.07) is 92.7. The fraction of sp³-hybridized carbons (Fsp3) is 0.143. The zero-order valence-corrected chi connectivity index (χ0v) is 44.0. The minimum Gasteiger partial charge on any atom is -0.309 e. The summed E-state index contributed by atoms with van der Waals surface area (Å²) in [6.45, 7) is 0. The molecule has 5 unspecified atom stereocenters. The van der Waals surface area contributed by atoms with E-state index in [0.29, 0.717) is 11.8 Å². The Kier molecular flexibility index (Phi) is 9.21. The normalized spacial score (nSPS) is 20.2. The van der Waals surface area contributed by atoms with Crippen LogP contribution >= 0.6 is 0 Å². The Bertz CT molecular complexity index is 4900. The average molecular weight is 1010 g/mol. The predicted molar refractivity (Wildman–Crippen MR) is 332 cm³/mol. The van der Waals surface area contributed by atoms with Crippen molar-refractivity contribution in [1.82, 2.24) is 9.13 Å². The van der Waals surface area contributed by atoms with Crippen molar-refractivity contribution in [2.24, 2.45) is 23.7 Å². The summed E-state index contributed by atoms with van der Waals surface area (Å²) >= 11 is 0. The van der Waals surface area contributed by atoms with Crippen LogP contribution in [-0.4, -0.2) is 9.13 Å². The fourth-order valence-electron chi connectivity index (χ4n) is 17.0. The Morgan fingerprint density at radius 3 is 1.66 bits per heavy atom. The van der Waals surface area contributed by atoms with Crippen molar-refractivity contribution in [2.45, 2.75) is 43.9 Å². The van der Waals surface area contributed by atoms with Gasteiger partial charge in [-0.25, -0.2) is 0 Å². The zero-order chi connectivity index (χ0) is 51.5. The van der Waals surface area contributed by atoms with Crippen LogP contribution < -0.4 is 0 Å². The van der Waals surface area contributed by atoms with Crippen molar-refractivity contribution < 1.29 is 0 Å². The van der Waals surface area contributed by atoms with Crippen LogP contribution in [0.1, 0.15) is 49.7 Å². The van der Waals surface area contributed by atoms with Crippen LogP contribution in [0.4, 0.5) is 0 Å². The number of nitrogens with zero attached hydrogens (tertiary/aromatic N) is 2. The van der Waals surface area contributed by atoms with Gasteiger partial charge in [0.2, 0.25) is 0 Å². The molecule has 4 saturated carbocycles. The Morgan fingerprint density at radius 2 is 0.861 bits per heavy atom. The second-order valence-electron chi connectivity index (χ2n) is 24.0. The summed E-state index contributed by atoms with van der Waals surface area (Å²) in [5, 5.41) is 12.6. The number of fused-ring (bicyclic) bond motifs is 13. The Labute approximate surface area is 459 Å². The molecule has 79 heavy (non-hydrogen) atoms. The topological polar surface area (TPSA) is 9.86 Å². The van der Waals surface area contributed by atoms with Crippen LogP contribution in [0.3, 0.4) is 0 Å². The van der Waals surface area contributed by atoms with Crippen LogP contribution in [-0.2, 0) is 5.41 Å². The van der Waals surface area contributed by atoms with E-state index in [1.807, 2.05) is 0 Å². The van der Waals surface area contributed by atoms with Gasteiger partial charge in [-0.05, 0) is 205 Å². The van der Waals surface area contributed by atoms with E-state index in [2.05, 4.69) is 252 Å². The molecule has 14 aromatic rings. The quantitative estimate of drug-likeness (QED) is 0.152. The zero-order valence-electron chi connectivity index (χ0n) is 44.0. The summed E-state index contributed by atoms with van der Waals surface area (Å²) in [7, 11) is 0. The average Bonchev–Trinajstić information content (AvgIpc) is 4.29. The van der Waals surface area contributed by atoms with E-state index >= 15 is 0 Å². The van der Waals surface area contributed by atoms with Crippen LogP contribution in [0, 0.1) is 23.7 Å². The van der Waals surface area contributed by atoms with E-state index in [4.69, 9.17) is 0 Å². The maximum absolute atomic E-state index is 2.69. The van der Waals surface area contributed by atoms with Gasteiger partial charge < -0.3 is 9.13 Å². The van der Waals surface area contributed by atoms with Crippen LogP contribution in [0.5, 0.6) is 0 Å². The molecule has 4 bridgehead atoms. The molecule has 1 spiro atoms. The van der Waals surface area contributed by atoms with Crippen molar-refractivity contribution in [3.05, 3.63) is 254 Å². The molecule has 0 radical (unpaired) electrons. The van der Waals surface area contributed by atoms with Gasteiger partial charge in [0.1, 0.15) is 0 Å². The summed E-state index contributed by atoms with van der Waals surface area (Å²) in [6.07, 6.45) is 8.38. The molecule has 4 fully saturated rings. The third kappa shape index (κ3) is 6.29. The monoisotopic (exact) mass is 1010 g/mol. The lowest BCUT2D eigenvalue weighted by Gasteiger charge is -2.53. The first-order valence-corrected chi connectivity index (χ1v) is 29.0. The summed E-state index contributed by atoms with van der Waals surface area (Å²) in [5.41, 5.74) is 20.9.